The van der Waals surface area contributed by atoms with E-state index in [0.29, 0.717) is 18.2 Å². The number of carbonyl (C=O) groups is 1. The monoisotopic (exact) mass is 263 g/mol. The number of nitrogens with two attached hydrogens (primary N) is 1. The van der Waals surface area contributed by atoms with E-state index in [1.165, 1.54) is 0 Å². The second kappa shape index (κ2) is 6.04. The molecule has 1 aromatic rings. The molecule has 5 nitrogen and oxygen atoms in total. The maximum absolute atomic E-state index is 11.8. The fraction of sp³-hybridized carbons (Fsp3) is 0.500. The molecule has 0 unspecified atom stereocenters. The first kappa shape index (κ1) is 13.8. The number of aliphatic hydroxyl groups is 1. The first-order valence-corrected chi connectivity index (χ1v) is 6.55. The van der Waals surface area contributed by atoms with E-state index < -0.39 is 0 Å². The maximum Gasteiger partial charge on any atom is 0.238 e. The van der Waals surface area contributed by atoms with Crippen molar-refractivity contribution < 1.29 is 9.90 Å². The van der Waals surface area contributed by atoms with Crippen LogP contribution in [0, 0.1) is 5.92 Å². The van der Waals surface area contributed by atoms with E-state index in [-0.39, 0.29) is 12.0 Å². The third kappa shape index (κ3) is 4.22. The average Bonchev–Trinajstić information content (AvgIpc) is 2.26. The average molecular weight is 263 g/mol. The molecule has 0 radical (unpaired) electrons. The molecule has 19 heavy (non-hydrogen) atoms. The number of nitrogens with one attached hydrogen (secondary N) is 1. The number of aliphatic hydroxyl groups excluding tert-OH is 1. The number of anilines is 2. The van der Waals surface area contributed by atoms with Gasteiger partial charge in [-0.25, -0.2) is 0 Å². The summed E-state index contributed by atoms with van der Waals surface area (Å²) in [7, 11) is 1.92. The number of amides is 1. The van der Waals surface area contributed by atoms with Crippen molar-refractivity contribution in [2.75, 3.05) is 31.2 Å². The van der Waals surface area contributed by atoms with E-state index in [2.05, 4.69) is 5.32 Å². The van der Waals surface area contributed by atoms with Gasteiger partial charge in [0, 0.05) is 17.9 Å². The molecular formula is C14H21N3O2. The van der Waals surface area contributed by atoms with E-state index in [4.69, 9.17) is 5.73 Å². The van der Waals surface area contributed by atoms with Gasteiger partial charge in [0.15, 0.2) is 0 Å². The number of hydrogen-bond donors (Lipinski definition) is 3. The summed E-state index contributed by atoms with van der Waals surface area (Å²) in [4.78, 5) is 13.8. The Morgan fingerprint density at radius 2 is 2.26 bits per heavy atom. The Hall–Kier alpha value is -1.59. The van der Waals surface area contributed by atoms with Crippen LogP contribution < -0.4 is 11.1 Å². The Kier molecular flexibility index (Phi) is 4.39. The molecule has 1 aliphatic carbocycles. The van der Waals surface area contributed by atoms with Gasteiger partial charge in [0.1, 0.15) is 0 Å². The minimum Gasteiger partial charge on any atom is -0.399 e. The summed E-state index contributed by atoms with van der Waals surface area (Å²) < 4.78 is 0. The zero-order valence-electron chi connectivity index (χ0n) is 11.2. The molecule has 104 valence electrons. The molecule has 0 aromatic heterocycles. The highest BCUT2D eigenvalue weighted by Crippen LogP contribution is 2.27. The van der Waals surface area contributed by atoms with Crippen molar-refractivity contribution in [2.24, 2.45) is 5.92 Å². The molecule has 0 bridgehead atoms. The summed E-state index contributed by atoms with van der Waals surface area (Å²) in [6.45, 7) is 1.20. The first-order chi connectivity index (χ1) is 9.02. The molecule has 5 heteroatoms. The van der Waals surface area contributed by atoms with Gasteiger partial charge in [-0.2, -0.15) is 0 Å². The summed E-state index contributed by atoms with van der Waals surface area (Å²) in [5.74, 6) is 0.466. The third-order valence-electron chi connectivity index (χ3n) is 3.36. The molecule has 0 heterocycles. The lowest BCUT2D eigenvalue weighted by atomic mass is 9.82. The van der Waals surface area contributed by atoms with Crippen LogP contribution in [0.4, 0.5) is 11.4 Å². The lowest BCUT2D eigenvalue weighted by molar-refractivity contribution is -0.117. The van der Waals surface area contributed by atoms with Crippen molar-refractivity contribution in [1.29, 1.82) is 0 Å². The number of rotatable bonds is 5. The lowest BCUT2D eigenvalue weighted by Gasteiger charge is -2.34. The Labute approximate surface area is 113 Å². The number of hydrogen-bond acceptors (Lipinski definition) is 4. The van der Waals surface area contributed by atoms with Crippen molar-refractivity contribution in [3.8, 4) is 0 Å². The highest BCUT2D eigenvalue weighted by molar-refractivity contribution is 5.92. The normalized spacial score (nSPS) is 22.1. The van der Waals surface area contributed by atoms with Gasteiger partial charge >= 0.3 is 0 Å². The third-order valence-corrected chi connectivity index (χ3v) is 3.36. The van der Waals surface area contributed by atoms with Crippen LogP contribution >= 0.6 is 0 Å². The van der Waals surface area contributed by atoms with Crippen LogP contribution in [-0.2, 0) is 4.79 Å². The van der Waals surface area contributed by atoms with Crippen molar-refractivity contribution in [3.63, 3.8) is 0 Å². The lowest BCUT2D eigenvalue weighted by Crippen LogP contribution is -2.39. The van der Waals surface area contributed by atoms with Crippen LogP contribution in [0.15, 0.2) is 24.3 Å². The van der Waals surface area contributed by atoms with E-state index in [9.17, 15) is 9.90 Å². The SMILES string of the molecule is CN(CC(=O)Nc1cccc(N)c1)CC1CC(O)C1. The van der Waals surface area contributed by atoms with Gasteiger partial charge in [0.2, 0.25) is 5.91 Å². The van der Waals surface area contributed by atoms with E-state index in [0.717, 1.165) is 25.1 Å². The fourth-order valence-corrected chi connectivity index (χ4v) is 2.42. The zero-order valence-corrected chi connectivity index (χ0v) is 11.2. The molecule has 1 fully saturated rings. The number of nitrogen functional groups attached to an aromatic ring is 1. The summed E-state index contributed by atoms with van der Waals surface area (Å²) in [5, 5.41) is 12.0. The number of benzene rings is 1. The quantitative estimate of drug-likeness (QED) is 0.690. The second-order valence-corrected chi connectivity index (χ2v) is 5.36. The Bertz CT molecular complexity index is 444. The van der Waals surface area contributed by atoms with E-state index >= 15 is 0 Å². The van der Waals surface area contributed by atoms with E-state index in [1.807, 2.05) is 24.1 Å². The van der Waals surface area contributed by atoms with Crippen molar-refractivity contribution in [1.82, 2.24) is 4.90 Å². The Morgan fingerprint density at radius 3 is 2.89 bits per heavy atom. The van der Waals surface area contributed by atoms with Crippen molar-refractivity contribution in [2.45, 2.75) is 18.9 Å². The molecule has 1 aliphatic rings. The van der Waals surface area contributed by atoms with Gasteiger partial charge in [0.05, 0.1) is 12.6 Å². The van der Waals surface area contributed by atoms with Crippen molar-refractivity contribution in [3.05, 3.63) is 24.3 Å². The smallest absolute Gasteiger partial charge is 0.238 e. The fourth-order valence-electron chi connectivity index (χ4n) is 2.42. The van der Waals surface area contributed by atoms with Gasteiger partial charge in [-0.15, -0.1) is 0 Å². The summed E-state index contributed by atoms with van der Waals surface area (Å²) in [6.07, 6.45) is 1.56. The molecule has 0 aliphatic heterocycles. The van der Waals surface area contributed by atoms with Crippen LogP contribution in [0.1, 0.15) is 12.8 Å². The predicted molar refractivity (Wildman–Crippen MR) is 75.7 cm³/mol. The molecule has 4 N–H and O–H groups in total. The number of carbonyl (C=O) groups excluding carboxylic acids is 1. The molecule has 1 amide bonds. The van der Waals surface area contributed by atoms with Gasteiger partial charge in [0.25, 0.3) is 0 Å². The topological polar surface area (TPSA) is 78.6 Å². The van der Waals surface area contributed by atoms with Crippen LogP contribution in [0.3, 0.4) is 0 Å². The number of nitrogens with zero attached hydrogens (tertiary/aromatic N) is 1. The van der Waals surface area contributed by atoms with Crippen LogP contribution in [0.25, 0.3) is 0 Å². The minimum atomic E-state index is -0.139. The van der Waals surface area contributed by atoms with Gasteiger partial charge in [-0.3, -0.25) is 9.69 Å². The molecule has 2 rings (SSSR count). The summed E-state index contributed by atoms with van der Waals surface area (Å²) >= 11 is 0. The van der Waals surface area contributed by atoms with Gasteiger partial charge in [-0.1, -0.05) is 6.07 Å². The highest BCUT2D eigenvalue weighted by atomic mass is 16.3. The first-order valence-electron chi connectivity index (χ1n) is 6.55. The molecule has 0 atom stereocenters. The summed E-state index contributed by atoms with van der Waals surface area (Å²) in [6, 6.07) is 7.14. The molecule has 1 aromatic carbocycles. The molecular weight excluding hydrogens is 242 g/mol. The van der Waals surface area contributed by atoms with Crippen molar-refractivity contribution >= 4 is 17.3 Å². The Balaban J connectivity index is 1.74. The van der Waals surface area contributed by atoms with Crippen LogP contribution in [-0.4, -0.2) is 42.2 Å². The maximum atomic E-state index is 11.8. The van der Waals surface area contributed by atoms with Gasteiger partial charge in [-0.05, 0) is 44.0 Å². The zero-order chi connectivity index (χ0) is 13.8. The number of likely N-dealkylation sites (N-methyl/N-ethyl adjacent to an activating group) is 1. The minimum absolute atomic E-state index is 0.0482. The van der Waals surface area contributed by atoms with Crippen LogP contribution in [0.5, 0.6) is 0 Å². The highest BCUT2D eigenvalue weighted by Gasteiger charge is 2.28. The largest absolute Gasteiger partial charge is 0.399 e. The van der Waals surface area contributed by atoms with Crippen LogP contribution in [0.2, 0.25) is 0 Å². The predicted octanol–water partition coefficient (Wildman–Crippen LogP) is 0.910. The standard InChI is InChI=1S/C14H21N3O2/c1-17(8-10-5-13(18)6-10)9-14(19)16-12-4-2-3-11(15)7-12/h2-4,7,10,13,18H,5-6,8-9,15H2,1H3,(H,16,19). The Morgan fingerprint density at radius 1 is 1.53 bits per heavy atom. The van der Waals surface area contributed by atoms with Gasteiger partial charge < -0.3 is 16.2 Å². The second-order valence-electron chi connectivity index (χ2n) is 5.36. The summed E-state index contributed by atoms with van der Waals surface area (Å²) in [5.41, 5.74) is 7.01. The van der Waals surface area contributed by atoms with E-state index in [1.54, 1.807) is 12.1 Å². The molecule has 0 saturated heterocycles. The molecule has 0 spiro atoms. The molecule has 1 saturated carbocycles.